The smallest absolute Gasteiger partial charge is 0.244 e. The molecule has 0 saturated carbocycles. The number of nitrogens with one attached hydrogen (secondary N) is 2. The fraction of sp³-hybridized carbons (Fsp3) is 0.143. The molecule has 0 fully saturated rings. The third-order valence-corrected chi connectivity index (χ3v) is 4.23. The van der Waals surface area contributed by atoms with Gasteiger partial charge in [0.1, 0.15) is 16.4 Å². The quantitative estimate of drug-likeness (QED) is 0.888. The number of benzene rings is 2. The van der Waals surface area contributed by atoms with Crippen molar-refractivity contribution in [1.29, 1.82) is 0 Å². The van der Waals surface area contributed by atoms with Crippen LogP contribution in [0.15, 0.2) is 53.4 Å². The maximum atomic E-state index is 11.9. The molecule has 0 aliphatic carbocycles. The maximum absolute atomic E-state index is 11.9. The molecule has 0 atom stereocenters. The summed E-state index contributed by atoms with van der Waals surface area (Å²) in [5, 5.41) is 3.00. The Labute approximate surface area is 118 Å². The molecule has 0 spiro atoms. The highest BCUT2D eigenvalue weighted by Crippen LogP contribution is 2.28. The molecule has 0 heterocycles. The summed E-state index contributed by atoms with van der Waals surface area (Å²) in [6.07, 6.45) is 0. The molecule has 2 aromatic rings. The van der Waals surface area contributed by atoms with Crippen LogP contribution in [-0.4, -0.2) is 22.5 Å². The van der Waals surface area contributed by atoms with Gasteiger partial charge in [-0.1, -0.05) is 12.1 Å². The van der Waals surface area contributed by atoms with Crippen LogP contribution in [0.1, 0.15) is 0 Å². The van der Waals surface area contributed by atoms with Gasteiger partial charge in [-0.05, 0) is 43.4 Å². The summed E-state index contributed by atoms with van der Waals surface area (Å²) in [4.78, 5) is 0.111. The van der Waals surface area contributed by atoms with E-state index in [9.17, 15) is 8.42 Å². The van der Waals surface area contributed by atoms with Crippen LogP contribution in [0, 0.1) is 0 Å². The van der Waals surface area contributed by atoms with Crippen molar-refractivity contribution in [3.8, 4) is 11.5 Å². The molecule has 2 rings (SSSR count). The molecule has 2 N–H and O–H groups in total. The van der Waals surface area contributed by atoms with E-state index < -0.39 is 10.0 Å². The Morgan fingerprint density at radius 1 is 0.950 bits per heavy atom. The van der Waals surface area contributed by atoms with Gasteiger partial charge in [0.15, 0.2) is 0 Å². The first kappa shape index (κ1) is 14.4. The largest absolute Gasteiger partial charge is 0.456 e. The highest BCUT2D eigenvalue weighted by Gasteiger charge is 2.17. The molecule has 0 aliphatic rings. The van der Waals surface area contributed by atoms with E-state index in [1.807, 2.05) is 19.2 Å². The predicted molar refractivity (Wildman–Crippen MR) is 78.8 cm³/mol. The number of rotatable bonds is 5. The average molecular weight is 292 g/mol. The maximum Gasteiger partial charge on any atom is 0.244 e. The topological polar surface area (TPSA) is 67.4 Å². The Morgan fingerprint density at radius 3 is 2.20 bits per heavy atom. The van der Waals surface area contributed by atoms with Crippen LogP contribution in [0.4, 0.5) is 5.69 Å². The summed E-state index contributed by atoms with van der Waals surface area (Å²) >= 11 is 0. The zero-order valence-corrected chi connectivity index (χ0v) is 12.1. The van der Waals surface area contributed by atoms with Crippen molar-refractivity contribution in [2.45, 2.75) is 4.90 Å². The summed E-state index contributed by atoms with van der Waals surface area (Å²) < 4.78 is 31.8. The number of hydrogen-bond donors (Lipinski definition) is 2. The van der Waals surface area contributed by atoms with Gasteiger partial charge in [0.25, 0.3) is 0 Å². The van der Waals surface area contributed by atoms with Crippen molar-refractivity contribution >= 4 is 15.7 Å². The Morgan fingerprint density at radius 2 is 1.60 bits per heavy atom. The summed E-state index contributed by atoms with van der Waals surface area (Å²) in [7, 11) is -0.356. The third kappa shape index (κ3) is 3.09. The summed E-state index contributed by atoms with van der Waals surface area (Å²) in [6, 6.07) is 13.8. The molecular formula is C14H16N2O3S. The van der Waals surface area contributed by atoms with Crippen LogP contribution in [0.3, 0.4) is 0 Å². The molecule has 0 aliphatic heterocycles. The SMILES string of the molecule is CNc1ccc(Oc2ccccc2S(=O)(=O)NC)cc1. The minimum atomic E-state index is -3.55. The highest BCUT2D eigenvalue weighted by atomic mass is 32.2. The Balaban J connectivity index is 2.34. The fourth-order valence-corrected chi connectivity index (χ4v) is 2.54. The molecule has 0 bridgehead atoms. The molecular weight excluding hydrogens is 276 g/mol. The standard InChI is InChI=1S/C14H16N2O3S/c1-15-11-7-9-12(10-8-11)19-13-5-3-4-6-14(13)20(17,18)16-2/h3-10,15-16H,1-2H3. The number of anilines is 1. The monoisotopic (exact) mass is 292 g/mol. The van der Waals surface area contributed by atoms with Crippen molar-refractivity contribution in [1.82, 2.24) is 4.72 Å². The van der Waals surface area contributed by atoms with Crippen LogP contribution >= 0.6 is 0 Å². The van der Waals surface area contributed by atoms with Gasteiger partial charge in [-0.2, -0.15) is 0 Å². The van der Waals surface area contributed by atoms with Gasteiger partial charge in [0.05, 0.1) is 0 Å². The van der Waals surface area contributed by atoms with Gasteiger partial charge in [-0.3, -0.25) is 0 Å². The molecule has 5 nitrogen and oxygen atoms in total. The van der Waals surface area contributed by atoms with Crippen LogP contribution in [0.25, 0.3) is 0 Å². The van der Waals surface area contributed by atoms with Crippen LogP contribution in [0.2, 0.25) is 0 Å². The second-order valence-corrected chi connectivity index (χ2v) is 5.89. The van der Waals surface area contributed by atoms with Gasteiger partial charge in [0, 0.05) is 12.7 Å². The summed E-state index contributed by atoms with van der Waals surface area (Å²) in [5.41, 5.74) is 0.952. The first-order valence-corrected chi connectivity index (χ1v) is 7.53. The molecule has 0 aromatic heterocycles. The van der Waals surface area contributed by atoms with Crippen molar-refractivity contribution < 1.29 is 13.2 Å². The zero-order valence-electron chi connectivity index (χ0n) is 11.3. The molecule has 0 amide bonds. The van der Waals surface area contributed by atoms with Crippen LogP contribution in [0.5, 0.6) is 11.5 Å². The van der Waals surface area contributed by atoms with E-state index in [0.29, 0.717) is 11.5 Å². The van der Waals surface area contributed by atoms with Crippen molar-refractivity contribution in [2.75, 3.05) is 19.4 Å². The molecule has 6 heteroatoms. The second-order valence-electron chi connectivity index (χ2n) is 4.03. The molecule has 0 unspecified atom stereocenters. The lowest BCUT2D eigenvalue weighted by Crippen LogP contribution is -2.19. The van der Waals surface area contributed by atoms with E-state index in [2.05, 4.69) is 10.0 Å². The highest BCUT2D eigenvalue weighted by molar-refractivity contribution is 7.89. The first-order chi connectivity index (χ1) is 9.56. The molecule has 106 valence electrons. The Kier molecular flexibility index (Phi) is 4.26. The second kappa shape index (κ2) is 5.94. The van der Waals surface area contributed by atoms with Crippen molar-refractivity contribution in [2.24, 2.45) is 0 Å². The van der Waals surface area contributed by atoms with E-state index in [0.717, 1.165) is 5.69 Å². The minimum Gasteiger partial charge on any atom is -0.456 e. The predicted octanol–water partition coefficient (Wildman–Crippen LogP) is 2.43. The van der Waals surface area contributed by atoms with E-state index in [1.54, 1.807) is 30.3 Å². The van der Waals surface area contributed by atoms with Gasteiger partial charge in [-0.25, -0.2) is 13.1 Å². The number of sulfonamides is 1. The number of para-hydroxylation sites is 1. The number of hydrogen-bond acceptors (Lipinski definition) is 4. The molecule has 0 saturated heterocycles. The van der Waals surface area contributed by atoms with Crippen LogP contribution in [-0.2, 0) is 10.0 Å². The number of ether oxygens (including phenoxy) is 1. The van der Waals surface area contributed by atoms with E-state index in [1.165, 1.54) is 13.1 Å². The van der Waals surface area contributed by atoms with Crippen molar-refractivity contribution in [3.05, 3.63) is 48.5 Å². The average Bonchev–Trinajstić information content (AvgIpc) is 2.48. The lowest BCUT2D eigenvalue weighted by atomic mass is 10.3. The normalized spacial score (nSPS) is 11.1. The molecule has 20 heavy (non-hydrogen) atoms. The van der Waals surface area contributed by atoms with Crippen molar-refractivity contribution in [3.63, 3.8) is 0 Å². The lowest BCUT2D eigenvalue weighted by molar-refractivity contribution is 0.467. The summed E-state index contributed by atoms with van der Waals surface area (Å²) in [6.45, 7) is 0. The summed E-state index contributed by atoms with van der Waals surface area (Å²) in [5.74, 6) is 0.863. The molecule has 0 radical (unpaired) electrons. The van der Waals surface area contributed by atoms with Crippen LogP contribution < -0.4 is 14.8 Å². The van der Waals surface area contributed by atoms with Gasteiger partial charge < -0.3 is 10.1 Å². The fourth-order valence-electron chi connectivity index (χ4n) is 1.68. The first-order valence-electron chi connectivity index (χ1n) is 6.05. The minimum absolute atomic E-state index is 0.111. The third-order valence-electron chi connectivity index (χ3n) is 2.78. The van der Waals surface area contributed by atoms with E-state index in [-0.39, 0.29) is 4.90 Å². The molecule has 2 aromatic carbocycles. The Hall–Kier alpha value is -2.05. The Bertz CT molecular complexity index is 682. The van der Waals surface area contributed by atoms with Gasteiger partial charge >= 0.3 is 0 Å². The van der Waals surface area contributed by atoms with Gasteiger partial charge in [0.2, 0.25) is 10.0 Å². The lowest BCUT2D eigenvalue weighted by Gasteiger charge is -2.11. The zero-order chi connectivity index (χ0) is 14.6. The van der Waals surface area contributed by atoms with Gasteiger partial charge in [-0.15, -0.1) is 0 Å². The van der Waals surface area contributed by atoms with E-state index >= 15 is 0 Å². The van der Waals surface area contributed by atoms with E-state index in [4.69, 9.17) is 4.74 Å².